The van der Waals surface area contributed by atoms with E-state index >= 15 is 0 Å². The molecule has 0 aliphatic heterocycles. The van der Waals surface area contributed by atoms with Crippen LogP contribution in [0.4, 0.5) is 13.2 Å². The number of ether oxygens (including phenoxy) is 1. The van der Waals surface area contributed by atoms with E-state index in [-0.39, 0.29) is 17.1 Å². The second-order valence-corrected chi connectivity index (χ2v) is 4.66. The summed E-state index contributed by atoms with van der Waals surface area (Å²) in [6.07, 6.45) is -1.59. The van der Waals surface area contributed by atoms with Crippen LogP contribution < -0.4 is 4.74 Å². The first-order chi connectivity index (χ1) is 10.4. The van der Waals surface area contributed by atoms with Crippen molar-refractivity contribution in [2.45, 2.75) is 13.0 Å². The Morgan fingerprint density at radius 2 is 1.82 bits per heavy atom. The average Bonchev–Trinajstić information content (AvgIpc) is 2.44. The van der Waals surface area contributed by atoms with Crippen molar-refractivity contribution in [3.8, 4) is 5.75 Å². The molecule has 1 unspecified atom stereocenters. The SMILES string of the molecule is CC(=O)c1ccc(F)cc1OCC(O)c1c(F)cccc1F. The van der Waals surface area contributed by atoms with Crippen LogP contribution >= 0.6 is 0 Å². The lowest BCUT2D eigenvalue weighted by atomic mass is 10.1. The topological polar surface area (TPSA) is 46.5 Å². The highest BCUT2D eigenvalue weighted by Crippen LogP contribution is 2.25. The van der Waals surface area contributed by atoms with Gasteiger partial charge in [0.2, 0.25) is 0 Å². The lowest BCUT2D eigenvalue weighted by molar-refractivity contribution is 0.0952. The zero-order valence-corrected chi connectivity index (χ0v) is 11.6. The largest absolute Gasteiger partial charge is 0.490 e. The Balaban J connectivity index is 2.20. The quantitative estimate of drug-likeness (QED) is 0.861. The first-order valence-corrected chi connectivity index (χ1v) is 6.45. The highest BCUT2D eigenvalue weighted by Gasteiger charge is 2.19. The minimum absolute atomic E-state index is 0.0942. The smallest absolute Gasteiger partial charge is 0.163 e. The molecule has 22 heavy (non-hydrogen) atoms. The molecule has 0 saturated carbocycles. The maximum atomic E-state index is 13.5. The second kappa shape index (κ2) is 6.62. The zero-order chi connectivity index (χ0) is 16.3. The third-order valence-corrected chi connectivity index (χ3v) is 3.05. The molecule has 0 saturated heterocycles. The molecule has 0 aliphatic carbocycles. The van der Waals surface area contributed by atoms with Gasteiger partial charge in [-0.15, -0.1) is 0 Å². The highest BCUT2D eigenvalue weighted by atomic mass is 19.1. The molecule has 116 valence electrons. The summed E-state index contributed by atoms with van der Waals surface area (Å²) in [5.41, 5.74) is -0.425. The standard InChI is InChI=1S/C16H13F3O3/c1-9(20)11-6-5-10(17)7-15(11)22-8-14(21)16-12(18)3-2-4-13(16)19/h2-7,14,21H,8H2,1H3. The van der Waals surface area contributed by atoms with Gasteiger partial charge in [-0.2, -0.15) is 0 Å². The minimum Gasteiger partial charge on any atom is -0.490 e. The normalized spacial score (nSPS) is 12.0. The Morgan fingerprint density at radius 3 is 2.41 bits per heavy atom. The third kappa shape index (κ3) is 3.46. The molecule has 6 heteroatoms. The van der Waals surface area contributed by atoms with Crippen LogP contribution in [0.25, 0.3) is 0 Å². The van der Waals surface area contributed by atoms with Gasteiger partial charge in [-0.25, -0.2) is 13.2 Å². The first kappa shape index (κ1) is 16.0. The van der Waals surface area contributed by atoms with Crippen molar-refractivity contribution in [2.75, 3.05) is 6.61 Å². The van der Waals surface area contributed by atoms with E-state index in [0.29, 0.717) is 0 Å². The van der Waals surface area contributed by atoms with E-state index < -0.39 is 35.7 Å². The van der Waals surface area contributed by atoms with Crippen molar-refractivity contribution in [3.63, 3.8) is 0 Å². The monoisotopic (exact) mass is 310 g/mol. The van der Waals surface area contributed by atoms with Crippen molar-refractivity contribution in [1.82, 2.24) is 0 Å². The van der Waals surface area contributed by atoms with Gasteiger partial charge in [0.25, 0.3) is 0 Å². The van der Waals surface area contributed by atoms with E-state index in [2.05, 4.69) is 0 Å². The van der Waals surface area contributed by atoms with E-state index in [1.54, 1.807) is 0 Å². The predicted molar refractivity (Wildman–Crippen MR) is 73.2 cm³/mol. The number of aliphatic hydroxyl groups excluding tert-OH is 1. The molecule has 3 nitrogen and oxygen atoms in total. The fourth-order valence-electron chi connectivity index (χ4n) is 1.99. The van der Waals surface area contributed by atoms with Gasteiger partial charge >= 0.3 is 0 Å². The van der Waals surface area contributed by atoms with Crippen molar-refractivity contribution in [1.29, 1.82) is 0 Å². The zero-order valence-electron chi connectivity index (χ0n) is 11.6. The molecule has 1 atom stereocenters. The molecule has 0 fully saturated rings. The minimum atomic E-state index is -1.59. The average molecular weight is 310 g/mol. The summed E-state index contributed by atoms with van der Waals surface area (Å²) < 4.78 is 45.4. The molecule has 0 heterocycles. The summed E-state index contributed by atoms with van der Waals surface area (Å²) >= 11 is 0. The number of hydrogen-bond acceptors (Lipinski definition) is 3. The second-order valence-electron chi connectivity index (χ2n) is 4.66. The predicted octanol–water partition coefficient (Wildman–Crippen LogP) is 3.42. The molecule has 2 aromatic carbocycles. The van der Waals surface area contributed by atoms with Crippen LogP contribution in [0.1, 0.15) is 28.9 Å². The van der Waals surface area contributed by atoms with Crippen LogP contribution in [-0.4, -0.2) is 17.5 Å². The number of aliphatic hydroxyl groups is 1. The van der Waals surface area contributed by atoms with E-state index in [1.807, 2.05) is 0 Å². The van der Waals surface area contributed by atoms with Gasteiger partial charge < -0.3 is 9.84 Å². The van der Waals surface area contributed by atoms with Crippen molar-refractivity contribution in [3.05, 3.63) is 65.0 Å². The van der Waals surface area contributed by atoms with E-state index in [1.165, 1.54) is 19.1 Å². The van der Waals surface area contributed by atoms with Gasteiger partial charge in [-0.05, 0) is 31.2 Å². The van der Waals surface area contributed by atoms with Gasteiger partial charge in [-0.1, -0.05) is 6.07 Å². The van der Waals surface area contributed by atoms with Gasteiger partial charge in [0, 0.05) is 6.07 Å². The van der Waals surface area contributed by atoms with E-state index in [0.717, 1.165) is 24.3 Å². The molecule has 0 spiro atoms. The molecule has 2 rings (SSSR count). The van der Waals surface area contributed by atoms with Gasteiger partial charge in [0.1, 0.15) is 35.9 Å². The number of rotatable bonds is 5. The van der Waals surface area contributed by atoms with Crippen LogP contribution in [0.5, 0.6) is 5.75 Å². The van der Waals surface area contributed by atoms with Gasteiger partial charge in [-0.3, -0.25) is 4.79 Å². The Morgan fingerprint density at radius 1 is 1.18 bits per heavy atom. The summed E-state index contributed by atoms with van der Waals surface area (Å²) in [5.74, 6) is -2.92. The highest BCUT2D eigenvalue weighted by molar-refractivity contribution is 5.96. The van der Waals surface area contributed by atoms with Crippen LogP contribution in [0.15, 0.2) is 36.4 Å². The number of hydrogen-bond donors (Lipinski definition) is 1. The van der Waals surface area contributed by atoms with Crippen LogP contribution in [0.2, 0.25) is 0 Å². The molecule has 2 aromatic rings. The molecular weight excluding hydrogens is 297 g/mol. The summed E-state index contributed by atoms with van der Waals surface area (Å²) in [7, 11) is 0. The van der Waals surface area contributed by atoms with Crippen LogP contribution in [0, 0.1) is 17.5 Å². The maximum Gasteiger partial charge on any atom is 0.163 e. The number of ketones is 1. The van der Waals surface area contributed by atoms with E-state index in [4.69, 9.17) is 4.74 Å². The van der Waals surface area contributed by atoms with Crippen LogP contribution in [-0.2, 0) is 0 Å². The number of carbonyl (C=O) groups excluding carboxylic acids is 1. The number of carbonyl (C=O) groups is 1. The summed E-state index contributed by atoms with van der Waals surface area (Å²) in [4.78, 5) is 11.4. The maximum absolute atomic E-state index is 13.5. The van der Waals surface area contributed by atoms with Crippen molar-refractivity contribution in [2.24, 2.45) is 0 Å². The number of benzene rings is 2. The van der Waals surface area contributed by atoms with E-state index in [9.17, 15) is 23.1 Å². The molecule has 0 amide bonds. The molecule has 0 bridgehead atoms. The summed E-state index contributed by atoms with van der Waals surface area (Å²) in [5, 5.41) is 9.86. The fourth-order valence-corrected chi connectivity index (χ4v) is 1.99. The summed E-state index contributed by atoms with van der Waals surface area (Å²) in [6.45, 7) is 0.745. The van der Waals surface area contributed by atoms with Gasteiger partial charge in [0.05, 0.1) is 11.1 Å². The molecule has 1 N–H and O–H groups in total. The van der Waals surface area contributed by atoms with Crippen molar-refractivity contribution >= 4 is 5.78 Å². The molecule has 0 radical (unpaired) electrons. The third-order valence-electron chi connectivity index (χ3n) is 3.05. The fraction of sp³-hybridized carbons (Fsp3) is 0.188. The first-order valence-electron chi connectivity index (χ1n) is 6.45. The molecular formula is C16H13F3O3. The molecule has 0 aliphatic rings. The Hall–Kier alpha value is -2.34. The van der Waals surface area contributed by atoms with Gasteiger partial charge in [0.15, 0.2) is 5.78 Å². The Kier molecular flexibility index (Phi) is 4.82. The summed E-state index contributed by atoms with van der Waals surface area (Å²) in [6, 6.07) is 6.48. The lowest BCUT2D eigenvalue weighted by Gasteiger charge is -2.15. The Bertz CT molecular complexity index is 681. The number of Topliss-reactive ketones (excluding diaryl/α,β-unsaturated/α-hetero) is 1. The van der Waals surface area contributed by atoms with Crippen molar-refractivity contribution < 1.29 is 27.8 Å². The van der Waals surface area contributed by atoms with Crippen LogP contribution in [0.3, 0.4) is 0 Å². The lowest BCUT2D eigenvalue weighted by Crippen LogP contribution is -2.14. The number of halogens is 3. The molecule has 0 aromatic heterocycles. The Labute approximate surface area is 125 Å².